The van der Waals surface area contributed by atoms with Gasteiger partial charge in [0.2, 0.25) is 0 Å². The standard InChI is InChI=1S/C9H8Cl2O5S/c1-15-8-6(9(12)16-2)3-5(10)4-7(8)17(11,13)14/h3-4H,1-2H3. The van der Waals surface area contributed by atoms with Crippen LogP contribution in [-0.4, -0.2) is 28.6 Å². The van der Waals surface area contributed by atoms with Gasteiger partial charge in [-0.2, -0.15) is 0 Å². The molecule has 0 heterocycles. The molecule has 0 amide bonds. The van der Waals surface area contributed by atoms with E-state index in [1.165, 1.54) is 13.2 Å². The van der Waals surface area contributed by atoms with Crippen LogP contribution in [0.2, 0.25) is 5.02 Å². The summed E-state index contributed by atoms with van der Waals surface area (Å²) in [5.74, 6) is -0.970. The fourth-order valence-electron chi connectivity index (χ4n) is 1.22. The first-order valence-electron chi connectivity index (χ1n) is 4.21. The molecule has 0 saturated carbocycles. The Labute approximate surface area is 108 Å². The Morgan fingerprint density at radius 2 is 1.88 bits per heavy atom. The topological polar surface area (TPSA) is 69.7 Å². The molecule has 17 heavy (non-hydrogen) atoms. The van der Waals surface area contributed by atoms with Crippen LogP contribution in [-0.2, 0) is 13.8 Å². The Kier molecular flexibility index (Phi) is 4.24. The van der Waals surface area contributed by atoms with E-state index in [1.807, 2.05) is 0 Å². The van der Waals surface area contributed by atoms with E-state index in [9.17, 15) is 13.2 Å². The van der Waals surface area contributed by atoms with Gasteiger partial charge in [0, 0.05) is 15.7 Å². The molecule has 0 N–H and O–H groups in total. The van der Waals surface area contributed by atoms with Crippen molar-refractivity contribution in [1.29, 1.82) is 0 Å². The van der Waals surface area contributed by atoms with Crippen LogP contribution < -0.4 is 4.74 Å². The lowest BCUT2D eigenvalue weighted by molar-refractivity contribution is 0.0596. The Hall–Kier alpha value is -0.980. The van der Waals surface area contributed by atoms with Crippen LogP contribution >= 0.6 is 22.3 Å². The fourth-order valence-corrected chi connectivity index (χ4v) is 2.53. The van der Waals surface area contributed by atoms with Crippen LogP contribution in [0.1, 0.15) is 10.4 Å². The van der Waals surface area contributed by atoms with Crippen molar-refractivity contribution in [2.45, 2.75) is 4.90 Å². The highest BCUT2D eigenvalue weighted by molar-refractivity contribution is 8.13. The second kappa shape index (κ2) is 5.12. The highest BCUT2D eigenvalue weighted by atomic mass is 35.7. The van der Waals surface area contributed by atoms with Gasteiger partial charge in [0.05, 0.1) is 14.2 Å². The molecule has 0 bridgehead atoms. The zero-order valence-corrected chi connectivity index (χ0v) is 11.2. The maximum absolute atomic E-state index is 11.4. The SMILES string of the molecule is COC(=O)c1cc(Cl)cc(S(=O)(=O)Cl)c1OC. The number of carbonyl (C=O) groups excluding carboxylic acids is 1. The van der Waals surface area contributed by atoms with E-state index in [-0.39, 0.29) is 21.2 Å². The molecule has 5 nitrogen and oxygen atoms in total. The quantitative estimate of drug-likeness (QED) is 0.631. The van der Waals surface area contributed by atoms with Gasteiger partial charge in [-0.05, 0) is 12.1 Å². The van der Waals surface area contributed by atoms with Crippen LogP contribution in [0.15, 0.2) is 17.0 Å². The second-order valence-corrected chi connectivity index (χ2v) is 5.88. The number of esters is 1. The van der Waals surface area contributed by atoms with Gasteiger partial charge in [0.25, 0.3) is 9.05 Å². The molecule has 0 fully saturated rings. The Morgan fingerprint density at radius 3 is 2.29 bits per heavy atom. The third kappa shape index (κ3) is 3.02. The molecule has 0 saturated heterocycles. The number of ether oxygens (including phenoxy) is 2. The molecular weight excluding hydrogens is 291 g/mol. The highest BCUT2D eigenvalue weighted by Gasteiger charge is 2.24. The van der Waals surface area contributed by atoms with Crippen molar-refractivity contribution >= 4 is 37.3 Å². The average molecular weight is 299 g/mol. The summed E-state index contributed by atoms with van der Waals surface area (Å²) in [4.78, 5) is 11.0. The summed E-state index contributed by atoms with van der Waals surface area (Å²) in [7, 11) is 3.50. The molecule has 0 aliphatic rings. The van der Waals surface area contributed by atoms with Crippen LogP contribution in [0.25, 0.3) is 0 Å². The molecular formula is C9H8Cl2O5S. The van der Waals surface area contributed by atoms with E-state index in [0.29, 0.717) is 0 Å². The lowest BCUT2D eigenvalue weighted by Gasteiger charge is -2.10. The second-order valence-electron chi connectivity index (χ2n) is 2.91. The highest BCUT2D eigenvalue weighted by Crippen LogP contribution is 2.34. The summed E-state index contributed by atoms with van der Waals surface area (Å²) >= 11 is 5.70. The minimum atomic E-state index is -4.08. The number of methoxy groups -OCH3 is 2. The lowest BCUT2D eigenvalue weighted by Crippen LogP contribution is -2.07. The number of hydrogen-bond acceptors (Lipinski definition) is 5. The van der Waals surface area contributed by atoms with Crippen molar-refractivity contribution in [3.63, 3.8) is 0 Å². The Morgan fingerprint density at radius 1 is 1.29 bits per heavy atom. The molecule has 0 spiro atoms. The van der Waals surface area contributed by atoms with Gasteiger partial charge in [-0.1, -0.05) is 11.6 Å². The molecule has 94 valence electrons. The van der Waals surface area contributed by atoms with E-state index in [4.69, 9.17) is 27.0 Å². The third-order valence-corrected chi connectivity index (χ3v) is 3.44. The zero-order chi connectivity index (χ0) is 13.2. The largest absolute Gasteiger partial charge is 0.494 e. The monoisotopic (exact) mass is 298 g/mol. The summed E-state index contributed by atoms with van der Waals surface area (Å²) in [5.41, 5.74) is -0.110. The molecule has 1 rings (SSSR count). The smallest absolute Gasteiger partial charge is 0.341 e. The zero-order valence-electron chi connectivity index (χ0n) is 8.86. The third-order valence-electron chi connectivity index (χ3n) is 1.89. The first kappa shape index (κ1) is 14.1. The van der Waals surface area contributed by atoms with Gasteiger partial charge in [-0.15, -0.1) is 0 Å². The lowest BCUT2D eigenvalue weighted by atomic mass is 10.2. The molecule has 0 aliphatic carbocycles. The van der Waals surface area contributed by atoms with Crippen molar-refractivity contribution in [2.75, 3.05) is 14.2 Å². The number of benzene rings is 1. The van der Waals surface area contributed by atoms with Crippen molar-refractivity contribution in [1.82, 2.24) is 0 Å². The van der Waals surface area contributed by atoms with E-state index in [2.05, 4.69) is 4.74 Å². The van der Waals surface area contributed by atoms with Gasteiger partial charge in [0.15, 0.2) is 5.75 Å². The average Bonchev–Trinajstić information content (AvgIpc) is 2.25. The Balaban J connectivity index is 3.63. The number of rotatable bonds is 3. The molecule has 0 atom stereocenters. The first-order chi connectivity index (χ1) is 7.81. The van der Waals surface area contributed by atoms with Gasteiger partial charge in [-0.25, -0.2) is 13.2 Å². The van der Waals surface area contributed by atoms with Crippen LogP contribution in [0.4, 0.5) is 0 Å². The van der Waals surface area contributed by atoms with Gasteiger partial charge >= 0.3 is 5.97 Å². The van der Waals surface area contributed by atoms with E-state index >= 15 is 0 Å². The summed E-state index contributed by atoms with van der Waals surface area (Å²) in [6.45, 7) is 0. The van der Waals surface area contributed by atoms with E-state index in [0.717, 1.165) is 13.2 Å². The molecule has 0 aliphatic heterocycles. The maximum atomic E-state index is 11.4. The van der Waals surface area contributed by atoms with Gasteiger partial charge < -0.3 is 9.47 Å². The molecule has 0 unspecified atom stereocenters. The van der Waals surface area contributed by atoms with Gasteiger partial charge in [-0.3, -0.25) is 0 Å². The van der Waals surface area contributed by atoms with Crippen LogP contribution in [0, 0.1) is 0 Å². The molecule has 1 aromatic carbocycles. The van der Waals surface area contributed by atoms with E-state index < -0.39 is 15.0 Å². The summed E-state index contributed by atoms with van der Waals surface area (Å²) < 4.78 is 31.9. The predicted molar refractivity (Wildman–Crippen MR) is 62.4 cm³/mol. The number of hydrogen-bond donors (Lipinski definition) is 0. The number of carbonyl (C=O) groups is 1. The fraction of sp³-hybridized carbons (Fsp3) is 0.222. The normalized spacial score (nSPS) is 11.1. The van der Waals surface area contributed by atoms with Crippen molar-refractivity contribution in [2.24, 2.45) is 0 Å². The molecule has 0 aromatic heterocycles. The minimum Gasteiger partial charge on any atom is -0.494 e. The Bertz CT molecular complexity index is 553. The molecule has 0 radical (unpaired) electrons. The van der Waals surface area contributed by atoms with E-state index in [1.54, 1.807) is 0 Å². The summed E-state index contributed by atoms with van der Waals surface area (Å²) in [6.07, 6.45) is 0. The minimum absolute atomic E-state index is 0.0328. The molecule has 1 aromatic rings. The predicted octanol–water partition coefficient (Wildman–Crippen LogP) is 2.06. The summed E-state index contributed by atoms with van der Waals surface area (Å²) in [5, 5.41) is 0.0328. The van der Waals surface area contributed by atoms with Crippen molar-refractivity contribution in [3.8, 4) is 5.75 Å². The maximum Gasteiger partial charge on any atom is 0.341 e. The van der Waals surface area contributed by atoms with Crippen molar-refractivity contribution < 1.29 is 22.7 Å². The van der Waals surface area contributed by atoms with Crippen LogP contribution in [0.3, 0.4) is 0 Å². The molecule has 8 heteroatoms. The number of halogens is 2. The first-order valence-corrected chi connectivity index (χ1v) is 6.90. The van der Waals surface area contributed by atoms with Gasteiger partial charge in [0.1, 0.15) is 10.5 Å². The van der Waals surface area contributed by atoms with Crippen LogP contribution in [0.5, 0.6) is 5.75 Å². The van der Waals surface area contributed by atoms with Crippen molar-refractivity contribution in [3.05, 3.63) is 22.7 Å². The summed E-state index contributed by atoms with van der Waals surface area (Å²) in [6, 6.07) is 2.33.